The lowest BCUT2D eigenvalue weighted by Crippen LogP contribution is -2.40. The molecule has 3 rings (SSSR count). The van der Waals surface area contributed by atoms with Crippen molar-refractivity contribution in [1.82, 2.24) is 10.2 Å². The molecule has 1 unspecified atom stereocenters. The Morgan fingerprint density at radius 1 is 1.07 bits per heavy atom. The van der Waals surface area contributed by atoms with Crippen LogP contribution in [0.5, 0.6) is 0 Å². The highest BCUT2D eigenvalue weighted by atomic mass is 19.1. The first-order chi connectivity index (χ1) is 14.0. The minimum atomic E-state index is -1.26. The van der Waals surface area contributed by atoms with Gasteiger partial charge in [-0.1, -0.05) is 37.5 Å². The Morgan fingerprint density at radius 3 is 2.28 bits per heavy atom. The van der Waals surface area contributed by atoms with Crippen LogP contribution < -0.4 is 5.32 Å². The Labute approximate surface area is 171 Å². The van der Waals surface area contributed by atoms with Crippen molar-refractivity contribution in [1.29, 1.82) is 0 Å². The van der Waals surface area contributed by atoms with Gasteiger partial charge in [0.2, 0.25) is 0 Å². The molecule has 1 atom stereocenters. The van der Waals surface area contributed by atoms with E-state index in [1.807, 2.05) is 12.1 Å². The number of hydrogen-bond donors (Lipinski definition) is 3. The first-order valence-corrected chi connectivity index (χ1v) is 10.3. The van der Waals surface area contributed by atoms with Gasteiger partial charge >= 0.3 is 11.9 Å². The zero-order valence-electron chi connectivity index (χ0n) is 16.7. The molecule has 2 aliphatic rings. The van der Waals surface area contributed by atoms with E-state index in [1.54, 1.807) is 12.1 Å². The molecular formula is C22H31FN2O4. The molecule has 0 radical (unpaired) electrons. The van der Waals surface area contributed by atoms with Gasteiger partial charge in [-0.2, -0.15) is 0 Å². The average molecular weight is 406 g/mol. The van der Waals surface area contributed by atoms with Gasteiger partial charge in [-0.25, -0.2) is 14.0 Å². The van der Waals surface area contributed by atoms with Crippen molar-refractivity contribution in [3.05, 3.63) is 47.8 Å². The number of aliphatic carboxylic acids is 2. The molecule has 1 heterocycles. The summed E-state index contributed by atoms with van der Waals surface area (Å²) in [6.45, 7) is 4.06. The Bertz CT molecular complexity index is 667. The van der Waals surface area contributed by atoms with Gasteiger partial charge in [0.1, 0.15) is 5.82 Å². The van der Waals surface area contributed by atoms with Crippen LogP contribution >= 0.6 is 0 Å². The zero-order chi connectivity index (χ0) is 21.1. The summed E-state index contributed by atoms with van der Waals surface area (Å²) in [7, 11) is 0. The van der Waals surface area contributed by atoms with E-state index in [0.29, 0.717) is 18.2 Å². The highest BCUT2D eigenvalue weighted by molar-refractivity contribution is 5.89. The molecule has 0 amide bonds. The highest BCUT2D eigenvalue weighted by Gasteiger charge is 2.26. The van der Waals surface area contributed by atoms with Crippen LogP contribution in [-0.4, -0.2) is 52.7 Å². The van der Waals surface area contributed by atoms with Gasteiger partial charge in [-0.3, -0.25) is 4.90 Å². The lowest BCUT2D eigenvalue weighted by molar-refractivity contribution is -0.134. The predicted molar refractivity (Wildman–Crippen MR) is 109 cm³/mol. The van der Waals surface area contributed by atoms with E-state index in [1.165, 1.54) is 38.5 Å². The maximum absolute atomic E-state index is 14.0. The van der Waals surface area contributed by atoms with Gasteiger partial charge < -0.3 is 15.5 Å². The molecule has 1 aromatic carbocycles. The maximum Gasteiger partial charge on any atom is 0.328 e. The summed E-state index contributed by atoms with van der Waals surface area (Å²) in [4.78, 5) is 21.6. The van der Waals surface area contributed by atoms with Crippen LogP contribution in [0.1, 0.15) is 44.1 Å². The van der Waals surface area contributed by atoms with E-state index >= 15 is 0 Å². The summed E-state index contributed by atoms with van der Waals surface area (Å²) in [6.07, 6.45) is 9.17. The fourth-order valence-electron chi connectivity index (χ4n) is 3.98. The third-order valence-electron chi connectivity index (χ3n) is 5.47. The van der Waals surface area contributed by atoms with Gasteiger partial charge in [-0.15, -0.1) is 0 Å². The van der Waals surface area contributed by atoms with Gasteiger partial charge in [0.05, 0.1) is 0 Å². The summed E-state index contributed by atoms with van der Waals surface area (Å²) in [5.41, 5.74) is 0.847. The number of nitrogens with zero attached hydrogens (tertiary/aromatic N) is 1. The molecule has 0 spiro atoms. The number of benzene rings is 1. The summed E-state index contributed by atoms with van der Waals surface area (Å²) in [6, 6.07) is 7.82. The zero-order valence-corrected chi connectivity index (χ0v) is 16.7. The van der Waals surface area contributed by atoms with Crippen LogP contribution in [0.4, 0.5) is 4.39 Å². The van der Waals surface area contributed by atoms with Crippen LogP contribution in [0, 0.1) is 11.7 Å². The smallest absolute Gasteiger partial charge is 0.328 e. The molecule has 7 heteroatoms. The number of carbonyl (C=O) groups is 2. The number of carboxylic acids is 2. The van der Waals surface area contributed by atoms with Crippen LogP contribution in [0.25, 0.3) is 0 Å². The summed E-state index contributed by atoms with van der Waals surface area (Å²) >= 11 is 0. The van der Waals surface area contributed by atoms with Crippen molar-refractivity contribution in [2.24, 2.45) is 5.92 Å². The lowest BCUT2D eigenvalue weighted by Gasteiger charge is -2.33. The van der Waals surface area contributed by atoms with Crippen molar-refractivity contribution in [3.8, 4) is 0 Å². The van der Waals surface area contributed by atoms with Crippen LogP contribution in [0.3, 0.4) is 0 Å². The van der Waals surface area contributed by atoms with E-state index in [9.17, 15) is 14.0 Å². The van der Waals surface area contributed by atoms with E-state index in [0.717, 1.165) is 37.7 Å². The molecule has 6 nitrogen and oxygen atoms in total. The monoisotopic (exact) mass is 406 g/mol. The normalized spacial score (nSPS) is 19.9. The van der Waals surface area contributed by atoms with Gasteiger partial charge in [-0.05, 0) is 37.8 Å². The summed E-state index contributed by atoms with van der Waals surface area (Å²) in [5, 5.41) is 19.1. The van der Waals surface area contributed by atoms with E-state index in [4.69, 9.17) is 10.2 Å². The summed E-state index contributed by atoms with van der Waals surface area (Å²) < 4.78 is 14.0. The van der Waals surface area contributed by atoms with E-state index in [-0.39, 0.29) is 5.82 Å². The Kier molecular flexibility index (Phi) is 9.80. The van der Waals surface area contributed by atoms with Crippen molar-refractivity contribution < 1.29 is 24.2 Å². The molecule has 1 saturated carbocycles. The van der Waals surface area contributed by atoms with E-state index < -0.39 is 11.9 Å². The molecule has 29 heavy (non-hydrogen) atoms. The van der Waals surface area contributed by atoms with Crippen molar-refractivity contribution in [3.63, 3.8) is 0 Å². The maximum atomic E-state index is 14.0. The van der Waals surface area contributed by atoms with Gasteiger partial charge in [0.15, 0.2) is 0 Å². The second kappa shape index (κ2) is 12.3. The van der Waals surface area contributed by atoms with Crippen LogP contribution in [0.15, 0.2) is 36.4 Å². The fourth-order valence-corrected chi connectivity index (χ4v) is 3.98. The topological polar surface area (TPSA) is 89.9 Å². The quantitative estimate of drug-likeness (QED) is 0.602. The minimum absolute atomic E-state index is 0.0582. The van der Waals surface area contributed by atoms with Crippen molar-refractivity contribution in [2.75, 3.05) is 19.6 Å². The summed E-state index contributed by atoms with van der Waals surface area (Å²) in [5.74, 6) is -1.76. The molecule has 1 aromatic rings. The van der Waals surface area contributed by atoms with Crippen LogP contribution in [0.2, 0.25) is 0 Å². The largest absolute Gasteiger partial charge is 0.478 e. The molecule has 1 saturated heterocycles. The molecule has 3 N–H and O–H groups in total. The molecule has 160 valence electrons. The Hall–Kier alpha value is -2.25. The molecule has 0 bridgehead atoms. The van der Waals surface area contributed by atoms with Crippen molar-refractivity contribution >= 4 is 11.9 Å². The Morgan fingerprint density at radius 2 is 1.72 bits per heavy atom. The molecule has 2 fully saturated rings. The first-order valence-electron chi connectivity index (χ1n) is 10.3. The number of carboxylic acid groups (broad SMARTS) is 2. The fraction of sp³-hybridized carbons (Fsp3) is 0.545. The molecule has 1 aliphatic carbocycles. The predicted octanol–water partition coefficient (Wildman–Crippen LogP) is 3.28. The standard InChI is InChI=1S/C18H27FN2.C4H4O4/c19-18-9-5-4-8-16(18)14-21(17-10-11-20-12-17)13-15-6-2-1-3-7-15;5-3(6)1-2-4(7)8/h4-5,8-9,15,17,20H,1-3,6-7,10-14H2;1-2H,(H,5,6)(H,7,8)/b;2-1+. The lowest BCUT2D eigenvalue weighted by atomic mass is 9.88. The third kappa shape index (κ3) is 8.75. The number of halogens is 1. The van der Waals surface area contributed by atoms with Crippen molar-refractivity contribution in [2.45, 2.75) is 51.1 Å². The average Bonchev–Trinajstić information content (AvgIpc) is 3.24. The third-order valence-corrected chi connectivity index (χ3v) is 5.47. The van der Waals surface area contributed by atoms with E-state index in [2.05, 4.69) is 10.2 Å². The molecule has 0 aromatic heterocycles. The van der Waals surface area contributed by atoms with Crippen LogP contribution in [-0.2, 0) is 16.1 Å². The molecule has 1 aliphatic heterocycles. The minimum Gasteiger partial charge on any atom is -0.478 e. The number of nitrogens with one attached hydrogen (secondary N) is 1. The first kappa shape index (κ1) is 23.0. The molecular weight excluding hydrogens is 375 g/mol. The highest BCUT2D eigenvalue weighted by Crippen LogP contribution is 2.27. The SMILES string of the molecule is Fc1ccccc1CN(CC1CCCCC1)C1CCNC1.O=C(O)/C=C/C(=O)O. The number of hydrogen-bond acceptors (Lipinski definition) is 4. The second-order valence-corrected chi connectivity index (χ2v) is 7.68. The second-order valence-electron chi connectivity index (χ2n) is 7.68. The van der Waals surface area contributed by atoms with Gasteiger partial charge in [0, 0.05) is 43.4 Å². The number of rotatable bonds is 7. The van der Waals surface area contributed by atoms with Gasteiger partial charge in [0.25, 0.3) is 0 Å². The Balaban J connectivity index is 0.000000321.